The molecule has 4 nitrogen and oxygen atoms in total. The summed E-state index contributed by atoms with van der Waals surface area (Å²) in [6.45, 7) is 4.98. The number of anilines is 1. The van der Waals surface area contributed by atoms with E-state index in [1.165, 1.54) is 11.8 Å². The standard InChI is InChI=1S/C17H19N2O2S2/c1-4-19-12-8-6-7-9-14(12)21-15(19)11-10-13-16(20)23-17(18(13)3)22-5-2/h6-11H,4-5H2,1-3H3/q+1/b13-10-,15-11-. The summed E-state index contributed by atoms with van der Waals surface area (Å²) in [6, 6.07) is 7.96. The van der Waals surface area contributed by atoms with Gasteiger partial charge in [0.05, 0.1) is 5.69 Å². The fourth-order valence-electron chi connectivity index (χ4n) is 2.52. The number of benzene rings is 1. The Labute approximate surface area is 144 Å². The molecule has 0 aromatic heterocycles. The summed E-state index contributed by atoms with van der Waals surface area (Å²) in [7, 11) is 1.93. The van der Waals surface area contributed by atoms with E-state index >= 15 is 0 Å². The lowest BCUT2D eigenvalue weighted by molar-refractivity contribution is -0.428. The molecule has 0 amide bonds. The van der Waals surface area contributed by atoms with E-state index in [1.807, 2.05) is 48.0 Å². The van der Waals surface area contributed by atoms with E-state index in [0.29, 0.717) is 5.70 Å². The first-order chi connectivity index (χ1) is 11.2. The van der Waals surface area contributed by atoms with Gasteiger partial charge >= 0.3 is 0 Å². The van der Waals surface area contributed by atoms with Gasteiger partial charge in [-0.1, -0.05) is 19.1 Å². The molecule has 2 aliphatic rings. The number of nitrogens with zero attached hydrogens (tertiary/aromatic N) is 2. The van der Waals surface area contributed by atoms with Gasteiger partial charge in [0.1, 0.15) is 7.05 Å². The molecule has 0 saturated heterocycles. The molecule has 0 fully saturated rings. The van der Waals surface area contributed by atoms with Gasteiger partial charge in [-0.2, -0.15) is 4.58 Å². The number of hydrogen-bond acceptors (Lipinski definition) is 5. The van der Waals surface area contributed by atoms with Gasteiger partial charge in [-0.15, -0.1) is 0 Å². The summed E-state index contributed by atoms with van der Waals surface area (Å²) in [5, 5.41) is 0.0823. The predicted molar refractivity (Wildman–Crippen MR) is 98.2 cm³/mol. The second-order valence-electron chi connectivity index (χ2n) is 5.02. The maximum absolute atomic E-state index is 12.2. The Balaban J connectivity index is 1.90. The third-order valence-corrected chi connectivity index (χ3v) is 5.88. The second kappa shape index (κ2) is 6.84. The number of hydrogen-bond donors (Lipinski definition) is 0. The van der Waals surface area contributed by atoms with Crippen LogP contribution >= 0.6 is 23.5 Å². The molecule has 0 unspecified atom stereocenters. The Morgan fingerprint density at radius 2 is 2.09 bits per heavy atom. The quantitative estimate of drug-likeness (QED) is 0.615. The summed E-state index contributed by atoms with van der Waals surface area (Å²) in [4.78, 5) is 14.3. The van der Waals surface area contributed by atoms with Gasteiger partial charge in [0.15, 0.2) is 5.75 Å². The fourth-order valence-corrected chi connectivity index (χ4v) is 4.58. The molecule has 120 valence electrons. The number of para-hydroxylation sites is 2. The van der Waals surface area contributed by atoms with Gasteiger partial charge < -0.3 is 9.64 Å². The van der Waals surface area contributed by atoms with Crippen LogP contribution in [0.1, 0.15) is 13.8 Å². The SMILES string of the molecule is CCSC1=[N+](C)/C(=C\C=C2/Oc3ccccc3N2CC)C(=O)S1. The van der Waals surface area contributed by atoms with E-state index in [4.69, 9.17) is 4.74 Å². The molecule has 0 saturated carbocycles. The lowest BCUT2D eigenvalue weighted by atomic mass is 10.3. The number of fused-ring (bicyclic) bond motifs is 1. The normalized spacial score (nSPS) is 20.7. The molecular weight excluding hydrogens is 328 g/mol. The number of thioether (sulfide) groups is 2. The van der Waals surface area contributed by atoms with Crippen LogP contribution in [0.2, 0.25) is 0 Å². The molecule has 1 aromatic carbocycles. The number of carbonyl (C=O) groups excluding carboxylic acids is 1. The van der Waals surface area contributed by atoms with Crippen LogP contribution in [-0.4, -0.2) is 33.4 Å². The molecule has 23 heavy (non-hydrogen) atoms. The van der Waals surface area contributed by atoms with E-state index in [-0.39, 0.29) is 5.12 Å². The van der Waals surface area contributed by atoms with E-state index < -0.39 is 0 Å². The Morgan fingerprint density at radius 1 is 1.30 bits per heavy atom. The smallest absolute Gasteiger partial charge is 0.294 e. The highest BCUT2D eigenvalue weighted by atomic mass is 32.2. The van der Waals surface area contributed by atoms with Gasteiger partial charge in [-0.25, -0.2) is 0 Å². The lowest BCUT2D eigenvalue weighted by Crippen LogP contribution is -2.19. The van der Waals surface area contributed by atoms with Crippen molar-refractivity contribution in [3.63, 3.8) is 0 Å². The second-order valence-corrected chi connectivity index (χ2v) is 7.49. The van der Waals surface area contributed by atoms with Crippen LogP contribution in [0.5, 0.6) is 5.75 Å². The van der Waals surface area contributed by atoms with Crippen LogP contribution < -0.4 is 9.64 Å². The number of rotatable bonds is 3. The minimum atomic E-state index is 0.0823. The number of ether oxygens (including phenoxy) is 1. The van der Waals surface area contributed by atoms with E-state index in [2.05, 4.69) is 18.7 Å². The van der Waals surface area contributed by atoms with Crippen LogP contribution in [0, 0.1) is 0 Å². The summed E-state index contributed by atoms with van der Waals surface area (Å²) in [6.07, 6.45) is 3.73. The molecule has 0 bridgehead atoms. The molecule has 2 aliphatic heterocycles. The molecular formula is C17H19N2O2S2+. The fraction of sp³-hybridized carbons (Fsp3) is 0.294. The zero-order chi connectivity index (χ0) is 16.4. The minimum absolute atomic E-state index is 0.0823. The van der Waals surface area contributed by atoms with E-state index in [1.54, 1.807) is 11.8 Å². The van der Waals surface area contributed by atoms with Crippen molar-refractivity contribution >= 4 is 38.7 Å². The monoisotopic (exact) mass is 347 g/mol. The Bertz CT molecular complexity index is 738. The Morgan fingerprint density at radius 3 is 2.83 bits per heavy atom. The van der Waals surface area contributed by atoms with Crippen molar-refractivity contribution < 1.29 is 14.1 Å². The Hall–Kier alpha value is -1.66. The van der Waals surface area contributed by atoms with Crippen LogP contribution in [-0.2, 0) is 4.79 Å². The zero-order valence-corrected chi connectivity index (χ0v) is 15.0. The highest BCUT2D eigenvalue weighted by Crippen LogP contribution is 2.38. The van der Waals surface area contributed by atoms with Crippen molar-refractivity contribution in [3.05, 3.63) is 48.0 Å². The summed E-state index contributed by atoms with van der Waals surface area (Å²) < 4.78 is 8.90. The predicted octanol–water partition coefficient (Wildman–Crippen LogP) is 3.66. The zero-order valence-electron chi connectivity index (χ0n) is 13.4. The van der Waals surface area contributed by atoms with Gasteiger partial charge in [-0.3, -0.25) is 4.79 Å². The highest BCUT2D eigenvalue weighted by molar-refractivity contribution is 8.45. The van der Waals surface area contributed by atoms with Crippen molar-refractivity contribution in [2.45, 2.75) is 13.8 Å². The largest absolute Gasteiger partial charge is 0.439 e. The average molecular weight is 347 g/mol. The van der Waals surface area contributed by atoms with Gasteiger partial charge in [0.25, 0.3) is 15.2 Å². The van der Waals surface area contributed by atoms with E-state index in [9.17, 15) is 4.79 Å². The molecule has 0 radical (unpaired) electrons. The molecule has 0 spiro atoms. The van der Waals surface area contributed by atoms with Crippen LogP contribution in [0.15, 0.2) is 48.0 Å². The topological polar surface area (TPSA) is 32.5 Å². The van der Waals surface area contributed by atoms with Crippen molar-refractivity contribution in [2.24, 2.45) is 0 Å². The summed E-state index contributed by atoms with van der Waals surface area (Å²) >= 11 is 2.99. The first kappa shape index (κ1) is 16.2. The molecule has 6 heteroatoms. The first-order valence-corrected chi connectivity index (χ1v) is 9.38. The maximum Gasteiger partial charge on any atom is 0.294 e. The molecule has 0 atom stereocenters. The van der Waals surface area contributed by atoms with E-state index in [0.717, 1.165) is 34.0 Å². The Kier molecular flexibility index (Phi) is 4.82. The van der Waals surface area contributed by atoms with Crippen molar-refractivity contribution in [3.8, 4) is 5.75 Å². The summed E-state index contributed by atoms with van der Waals surface area (Å²) in [5.41, 5.74) is 1.75. The third kappa shape index (κ3) is 3.05. The lowest BCUT2D eigenvalue weighted by Gasteiger charge is -2.14. The van der Waals surface area contributed by atoms with Gasteiger partial charge in [-0.05, 0) is 30.8 Å². The molecule has 0 aliphatic carbocycles. The van der Waals surface area contributed by atoms with Crippen molar-refractivity contribution in [1.29, 1.82) is 0 Å². The van der Waals surface area contributed by atoms with Gasteiger partial charge in [0.2, 0.25) is 5.88 Å². The van der Waals surface area contributed by atoms with Crippen LogP contribution in [0.25, 0.3) is 0 Å². The molecule has 1 aromatic rings. The molecule has 2 heterocycles. The summed E-state index contributed by atoms with van der Waals surface area (Å²) in [5.74, 6) is 2.56. The molecule has 0 N–H and O–H groups in total. The number of likely N-dealkylation sites (N-methyl/N-ethyl adjacent to an activating group) is 1. The van der Waals surface area contributed by atoms with Crippen molar-refractivity contribution in [1.82, 2.24) is 0 Å². The maximum atomic E-state index is 12.2. The minimum Gasteiger partial charge on any atom is -0.439 e. The highest BCUT2D eigenvalue weighted by Gasteiger charge is 2.35. The molecule has 3 rings (SSSR count). The first-order valence-electron chi connectivity index (χ1n) is 7.57. The number of allylic oxidation sites excluding steroid dienone is 2. The number of carbonyl (C=O) groups is 1. The van der Waals surface area contributed by atoms with Crippen LogP contribution in [0.3, 0.4) is 0 Å². The van der Waals surface area contributed by atoms with Crippen molar-refractivity contribution in [2.75, 3.05) is 24.2 Å². The van der Waals surface area contributed by atoms with Gasteiger partial charge in [0, 0.05) is 36.2 Å². The average Bonchev–Trinajstić information content (AvgIpc) is 3.03. The van der Waals surface area contributed by atoms with Crippen LogP contribution in [0.4, 0.5) is 5.69 Å². The third-order valence-electron chi connectivity index (χ3n) is 3.63.